The fourth-order valence-corrected chi connectivity index (χ4v) is 4.33. The van der Waals surface area contributed by atoms with E-state index in [2.05, 4.69) is 14.9 Å². The van der Waals surface area contributed by atoms with Crippen LogP contribution in [0.2, 0.25) is 0 Å². The molecule has 0 bridgehead atoms. The van der Waals surface area contributed by atoms with Crippen molar-refractivity contribution < 1.29 is 24.2 Å². The number of aromatic amines is 1. The lowest BCUT2D eigenvalue weighted by Gasteiger charge is -2.35. The number of phenols is 1. The van der Waals surface area contributed by atoms with Crippen molar-refractivity contribution in [2.75, 3.05) is 26.2 Å². The van der Waals surface area contributed by atoms with Gasteiger partial charge in [0.15, 0.2) is 5.76 Å². The van der Waals surface area contributed by atoms with Crippen molar-refractivity contribution in [1.29, 1.82) is 0 Å². The van der Waals surface area contributed by atoms with Gasteiger partial charge in [-0.25, -0.2) is 9.78 Å². The van der Waals surface area contributed by atoms with Crippen molar-refractivity contribution in [3.63, 3.8) is 0 Å². The quantitative estimate of drug-likeness (QED) is 0.551. The first-order chi connectivity index (χ1) is 16.7. The number of piperazine rings is 1. The van der Waals surface area contributed by atoms with E-state index >= 15 is 0 Å². The van der Waals surface area contributed by atoms with Crippen LogP contribution in [-0.4, -0.2) is 68.5 Å². The van der Waals surface area contributed by atoms with Gasteiger partial charge in [0.05, 0.1) is 11.1 Å². The number of Topliss-reactive ketones (excluding diaryl/α,β-unsaturated/α-hetero) is 1. The van der Waals surface area contributed by atoms with E-state index in [9.17, 15) is 14.7 Å². The molecule has 2 aliphatic heterocycles. The third kappa shape index (κ3) is 4.59. The molecule has 3 aromatic rings. The van der Waals surface area contributed by atoms with Gasteiger partial charge in [0.2, 0.25) is 5.78 Å². The predicted octanol–water partition coefficient (Wildman–Crippen LogP) is 3.94. The molecule has 5 rings (SSSR count). The van der Waals surface area contributed by atoms with Crippen LogP contribution in [-0.2, 0) is 11.3 Å². The second-order valence-corrected chi connectivity index (χ2v) is 9.77. The summed E-state index contributed by atoms with van der Waals surface area (Å²) in [7, 11) is 0. The SMILES string of the molecule is CC(C)(C)OC(=O)N1CCN(Cc2c(O)ccc3c2OC(=Cc2c[nH]c4ncccc24)C3=O)CC1. The van der Waals surface area contributed by atoms with Crippen molar-refractivity contribution in [1.82, 2.24) is 19.8 Å². The number of hydrogen-bond acceptors (Lipinski definition) is 7. The van der Waals surface area contributed by atoms with Gasteiger partial charge in [-0.1, -0.05) is 0 Å². The molecule has 0 aliphatic carbocycles. The van der Waals surface area contributed by atoms with Crippen LogP contribution in [0.5, 0.6) is 11.5 Å². The molecular formula is C26H28N4O5. The second-order valence-electron chi connectivity index (χ2n) is 9.77. The highest BCUT2D eigenvalue weighted by Gasteiger charge is 2.33. The average molecular weight is 477 g/mol. The van der Waals surface area contributed by atoms with Gasteiger partial charge in [-0.2, -0.15) is 0 Å². The summed E-state index contributed by atoms with van der Waals surface area (Å²) in [4.78, 5) is 36.6. The minimum atomic E-state index is -0.539. The number of benzene rings is 1. The van der Waals surface area contributed by atoms with Crippen LogP contribution in [0.3, 0.4) is 0 Å². The van der Waals surface area contributed by atoms with Crippen molar-refractivity contribution in [3.05, 3.63) is 59.1 Å². The first kappa shape index (κ1) is 22.9. The van der Waals surface area contributed by atoms with Gasteiger partial charge in [-0.05, 0) is 51.1 Å². The molecule has 0 unspecified atom stereocenters. The Balaban J connectivity index is 1.32. The number of phenolic OH excluding ortho intramolecular Hbond substituents is 1. The number of nitrogens with zero attached hydrogens (tertiary/aromatic N) is 3. The Labute approximate surface area is 203 Å². The number of hydrogen-bond donors (Lipinski definition) is 2. The predicted molar refractivity (Wildman–Crippen MR) is 130 cm³/mol. The zero-order chi connectivity index (χ0) is 24.7. The largest absolute Gasteiger partial charge is 0.507 e. The number of ether oxygens (including phenoxy) is 2. The molecule has 2 aliphatic rings. The highest BCUT2D eigenvalue weighted by Crippen LogP contribution is 2.40. The molecule has 0 atom stereocenters. The van der Waals surface area contributed by atoms with Gasteiger partial charge in [0.25, 0.3) is 0 Å². The van der Waals surface area contributed by atoms with Gasteiger partial charge >= 0.3 is 6.09 Å². The fourth-order valence-electron chi connectivity index (χ4n) is 4.33. The van der Waals surface area contributed by atoms with Crippen molar-refractivity contribution in [3.8, 4) is 11.5 Å². The summed E-state index contributed by atoms with van der Waals surface area (Å²) in [5, 5.41) is 11.5. The summed E-state index contributed by atoms with van der Waals surface area (Å²) in [6, 6.07) is 6.88. The van der Waals surface area contributed by atoms with Crippen LogP contribution >= 0.6 is 0 Å². The number of carbonyl (C=O) groups is 2. The molecule has 0 saturated carbocycles. The topological polar surface area (TPSA) is 108 Å². The lowest BCUT2D eigenvalue weighted by molar-refractivity contribution is 0.0138. The van der Waals surface area contributed by atoms with Crippen LogP contribution in [0.25, 0.3) is 17.1 Å². The molecule has 9 nitrogen and oxygen atoms in total. The summed E-state index contributed by atoms with van der Waals surface area (Å²) >= 11 is 0. The smallest absolute Gasteiger partial charge is 0.410 e. The van der Waals surface area contributed by atoms with Gasteiger partial charge < -0.3 is 24.5 Å². The standard InChI is InChI=1S/C26H28N4O5/c1-26(2,3)35-25(33)30-11-9-29(10-12-30)15-19-20(31)7-6-18-22(32)21(34-23(18)19)13-16-14-28-24-17(16)5-4-8-27-24/h4-8,13-14,31H,9-12,15H2,1-3H3,(H,27,28). The third-order valence-electron chi connectivity index (χ3n) is 6.09. The number of fused-ring (bicyclic) bond motifs is 2. The van der Waals surface area contributed by atoms with Crippen LogP contribution in [0, 0.1) is 0 Å². The Bertz CT molecular complexity index is 1330. The zero-order valence-corrected chi connectivity index (χ0v) is 20.0. The Kier molecular flexibility index (Phi) is 5.72. The molecule has 182 valence electrons. The van der Waals surface area contributed by atoms with E-state index in [1.807, 2.05) is 32.9 Å². The van der Waals surface area contributed by atoms with Crippen molar-refractivity contribution >= 4 is 29.0 Å². The minimum Gasteiger partial charge on any atom is -0.507 e. The van der Waals surface area contributed by atoms with Crippen LogP contribution in [0.1, 0.15) is 42.3 Å². The lowest BCUT2D eigenvalue weighted by atomic mass is 10.0. The molecule has 35 heavy (non-hydrogen) atoms. The Hall–Kier alpha value is -3.85. The Morgan fingerprint density at radius 1 is 1.23 bits per heavy atom. The number of pyridine rings is 1. The van der Waals surface area contributed by atoms with E-state index in [0.29, 0.717) is 49.6 Å². The molecule has 1 aromatic carbocycles. The van der Waals surface area contributed by atoms with Crippen LogP contribution < -0.4 is 4.74 Å². The van der Waals surface area contributed by atoms with E-state index < -0.39 is 5.60 Å². The van der Waals surface area contributed by atoms with Gasteiger partial charge in [0.1, 0.15) is 22.7 Å². The number of H-pyrrole nitrogens is 1. The molecule has 0 spiro atoms. The molecule has 2 aromatic heterocycles. The maximum absolute atomic E-state index is 13.1. The van der Waals surface area contributed by atoms with Gasteiger partial charge in [0, 0.05) is 56.1 Å². The molecule has 4 heterocycles. The van der Waals surface area contributed by atoms with E-state index in [1.54, 1.807) is 29.4 Å². The Morgan fingerprint density at radius 2 is 2.00 bits per heavy atom. The summed E-state index contributed by atoms with van der Waals surface area (Å²) in [5.41, 5.74) is 1.97. The average Bonchev–Trinajstić information content (AvgIpc) is 3.36. The molecular weight excluding hydrogens is 448 g/mol. The van der Waals surface area contributed by atoms with Crippen LogP contribution in [0.4, 0.5) is 4.79 Å². The van der Waals surface area contributed by atoms with Crippen molar-refractivity contribution in [2.45, 2.75) is 32.9 Å². The fraction of sp³-hybridized carbons (Fsp3) is 0.346. The number of amides is 1. The molecule has 0 radical (unpaired) electrons. The van der Waals surface area contributed by atoms with E-state index in [-0.39, 0.29) is 23.4 Å². The van der Waals surface area contributed by atoms with Crippen molar-refractivity contribution in [2.24, 2.45) is 0 Å². The molecule has 2 N–H and O–H groups in total. The Morgan fingerprint density at radius 3 is 2.74 bits per heavy atom. The number of aromatic nitrogens is 2. The first-order valence-electron chi connectivity index (χ1n) is 11.6. The third-order valence-corrected chi connectivity index (χ3v) is 6.09. The number of ketones is 1. The normalized spacial score (nSPS) is 17.6. The summed E-state index contributed by atoms with van der Waals surface area (Å²) in [6.45, 7) is 8.20. The number of rotatable bonds is 3. The number of aromatic hydroxyl groups is 1. The summed E-state index contributed by atoms with van der Waals surface area (Å²) in [5.74, 6) is 0.429. The monoisotopic (exact) mass is 476 g/mol. The zero-order valence-electron chi connectivity index (χ0n) is 20.0. The van der Waals surface area contributed by atoms with Crippen LogP contribution in [0.15, 0.2) is 42.4 Å². The molecule has 9 heteroatoms. The van der Waals surface area contributed by atoms with E-state index in [4.69, 9.17) is 9.47 Å². The number of carbonyl (C=O) groups excluding carboxylic acids is 2. The maximum Gasteiger partial charge on any atom is 0.410 e. The summed E-state index contributed by atoms with van der Waals surface area (Å²) in [6.07, 6.45) is 4.86. The highest BCUT2D eigenvalue weighted by molar-refractivity contribution is 6.15. The lowest BCUT2D eigenvalue weighted by Crippen LogP contribution is -2.49. The van der Waals surface area contributed by atoms with Gasteiger partial charge in [-0.3, -0.25) is 9.69 Å². The molecule has 1 fully saturated rings. The summed E-state index contributed by atoms with van der Waals surface area (Å²) < 4.78 is 11.5. The molecule has 1 saturated heterocycles. The first-order valence-corrected chi connectivity index (χ1v) is 11.6. The van der Waals surface area contributed by atoms with E-state index in [0.717, 1.165) is 16.6 Å². The second kappa shape index (κ2) is 8.74. The maximum atomic E-state index is 13.1. The number of nitrogens with one attached hydrogen (secondary N) is 1. The molecule has 1 amide bonds. The van der Waals surface area contributed by atoms with E-state index in [1.165, 1.54) is 6.07 Å². The highest BCUT2D eigenvalue weighted by atomic mass is 16.6. The number of allylic oxidation sites excluding steroid dienone is 1. The minimum absolute atomic E-state index is 0.0728. The van der Waals surface area contributed by atoms with Gasteiger partial charge in [-0.15, -0.1) is 0 Å².